The predicted molar refractivity (Wildman–Crippen MR) is 76.1 cm³/mol. The fourth-order valence-electron chi connectivity index (χ4n) is 1.75. The maximum atomic E-state index is 11.7. The number of carbonyl (C=O) groups is 1. The summed E-state index contributed by atoms with van der Waals surface area (Å²) in [5, 5.41) is 5.61. The van der Waals surface area contributed by atoms with Crippen LogP contribution in [0.3, 0.4) is 0 Å². The van der Waals surface area contributed by atoms with E-state index in [9.17, 15) is 4.79 Å². The number of hydrogen-bond acceptors (Lipinski definition) is 2. The Bertz CT molecular complexity index is 540. The smallest absolute Gasteiger partial charge is 0.319 e. The minimum atomic E-state index is -0.202. The summed E-state index contributed by atoms with van der Waals surface area (Å²) in [5.74, 6) is 0. The summed E-state index contributed by atoms with van der Waals surface area (Å²) in [6.45, 7) is 2.47. The molecule has 19 heavy (non-hydrogen) atoms. The summed E-state index contributed by atoms with van der Waals surface area (Å²) in [5.41, 5.74) is 2.75. The van der Waals surface area contributed by atoms with Crippen LogP contribution in [-0.4, -0.2) is 17.6 Å². The van der Waals surface area contributed by atoms with Crippen LogP contribution in [0.1, 0.15) is 11.3 Å². The Balaban J connectivity index is 1.78. The average molecular weight is 255 g/mol. The van der Waals surface area contributed by atoms with Crippen LogP contribution < -0.4 is 10.6 Å². The van der Waals surface area contributed by atoms with Crippen LogP contribution in [0, 0.1) is 6.92 Å². The Hall–Kier alpha value is -2.36. The van der Waals surface area contributed by atoms with Gasteiger partial charge in [0.15, 0.2) is 0 Å². The van der Waals surface area contributed by atoms with E-state index in [4.69, 9.17) is 0 Å². The summed E-state index contributed by atoms with van der Waals surface area (Å²) in [7, 11) is 0. The van der Waals surface area contributed by atoms with E-state index in [0.29, 0.717) is 6.54 Å². The number of nitrogens with one attached hydrogen (secondary N) is 2. The van der Waals surface area contributed by atoms with Crippen LogP contribution in [0.25, 0.3) is 0 Å². The third-order valence-electron chi connectivity index (χ3n) is 2.80. The minimum Gasteiger partial charge on any atom is -0.338 e. The number of nitrogens with zero attached hydrogens (tertiary/aromatic N) is 1. The van der Waals surface area contributed by atoms with Gasteiger partial charge in [0.05, 0.1) is 11.4 Å². The van der Waals surface area contributed by atoms with Crippen molar-refractivity contribution in [2.75, 3.05) is 11.9 Å². The molecule has 1 aromatic carbocycles. The summed E-state index contributed by atoms with van der Waals surface area (Å²) >= 11 is 0. The highest BCUT2D eigenvalue weighted by Crippen LogP contribution is 2.09. The standard InChI is InChI=1S/C15H17N3O/c1-12-14(8-5-10-16-12)18-15(19)17-11-9-13-6-3-2-4-7-13/h2-8,10H,9,11H2,1H3,(H2,17,18,19). The fraction of sp³-hybridized carbons (Fsp3) is 0.200. The number of aromatic nitrogens is 1. The Morgan fingerprint density at radius 2 is 1.95 bits per heavy atom. The van der Waals surface area contributed by atoms with Crippen molar-refractivity contribution in [1.82, 2.24) is 10.3 Å². The van der Waals surface area contributed by atoms with Gasteiger partial charge in [0, 0.05) is 12.7 Å². The van der Waals surface area contributed by atoms with Crippen LogP contribution in [0.15, 0.2) is 48.7 Å². The number of urea groups is 1. The van der Waals surface area contributed by atoms with E-state index in [-0.39, 0.29) is 6.03 Å². The van der Waals surface area contributed by atoms with Gasteiger partial charge in [-0.1, -0.05) is 30.3 Å². The molecular formula is C15H17N3O. The van der Waals surface area contributed by atoms with Crippen molar-refractivity contribution in [3.8, 4) is 0 Å². The molecule has 2 N–H and O–H groups in total. The van der Waals surface area contributed by atoms with E-state index in [1.165, 1.54) is 5.56 Å². The first-order valence-electron chi connectivity index (χ1n) is 6.26. The molecule has 0 saturated heterocycles. The molecule has 1 heterocycles. The number of pyridine rings is 1. The number of anilines is 1. The zero-order chi connectivity index (χ0) is 13.5. The molecule has 0 aliphatic carbocycles. The van der Waals surface area contributed by atoms with Gasteiger partial charge < -0.3 is 10.6 Å². The van der Waals surface area contributed by atoms with Crippen LogP contribution in [0.5, 0.6) is 0 Å². The highest BCUT2D eigenvalue weighted by molar-refractivity contribution is 5.89. The summed E-state index contributed by atoms with van der Waals surface area (Å²) in [4.78, 5) is 15.8. The van der Waals surface area contributed by atoms with Crippen LogP contribution >= 0.6 is 0 Å². The van der Waals surface area contributed by atoms with E-state index in [1.54, 1.807) is 12.3 Å². The summed E-state index contributed by atoms with van der Waals surface area (Å²) in [6, 6.07) is 13.5. The maximum absolute atomic E-state index is 11.7. The van der Waals surface area contributed by atoms with Crippen molar-refractivity contribution in [2.24, 2.45) is 0 Å². The topological polar surface area (TPSA) is 54.0 Å². The second-order valence-electron chi connectivity index (χ2n) is 4.25. The Morgan fingerprint density at radius 1 is 1.16 bits per heavy atom. The molecule has 0 bridgehead atoms. The van der Waals surface area contributed by atoms with Crippen molar-refractivity contribution in [1.29, 1.82) is 0 Å². The number of hydrogen-bond donors (Lipinski definition) is 2. The number of benzene rings is 1. The van der Waals surface area contributed by atoms with Gasteiger partial charge in [-0.25, -0.2) is 4.79 Å². The number of rotatable bonds is 4. The van der Waals surface area contributed by atoms with E-state index in [1.807, 2.05) is 43.3 Å². The molecule has 2 aromatic rings. The van der Waals surface area contributed by atoms with Crippen molar-refractivity contribution in [3.63, 3.8) is 0 Å². The molecule has 98 valence electrons. The maximum Gasteiger partial charge on any atom is 0.319 e. The predicted octanol–water partition coefficient (Wildman–Crippen LogP) is 2.75. The average Bonchev–Trinajstić information content (AvgIpc) is 2.43. The lowest BCUT2D eigenvalue weighted by Gasteiger charge is -2.09. The van der Waals surface area contributed by atoms with Crippen LogP contribution in [0.4, 0.5) is 10.5 Å². The molecule has 0 aliphatic rings. The highest BCUT2D eigenvalue weighted by Gasteiger charge is 2.03. The molecule has 2 amide bonds. The van der Waals surface area contributed by atoms with Gasteiger partial charge >= 0.3 is 6.03 Å². The second kappa shape index (κ2) is 6.54. The SMILES string of the molecule is Cc1ncccc1NC(=O)NCCc1ccccc1. The number of aryl methyl sites for hydroxylation is 1. The summed E-state index contributed by atoms with van der Waals surface area (Å²) in [6.07, 6.45) is 2.52. The van der Waals surface area contributed by atoms with E-state index < -0.39 is 0 Å². The van der Waals surface area contributed by atoms with Gasteiger partial charge in [-0.3, -0.25) is 4.98 Å². The third kappa shape index (κ3) is 4.10. The third-order valence-corrected chi connectivity index (χ3v) is 2.80. The van der Waals surface area contributed by atoms with Crippen LogP contribution in [0.2, 0.25) is 0 Å². The van der Waals surface area contributed by atoms with Crippen molar-refractivity contribution in [3.05, 3.63) is 59.9 Å². The molecule has 0 saturated carbocycles. The summed E-state index contributed by atoms with van der Waals surface area (Å²) < 4.78 is 0. The van der Waals surface area contributed by atoms with E-state index in [0.717, 1.165) is 17.8 Å². The van der Waals surface area contributed by atoms with Gasteiger partial charge in [0.25, 0.3) is 0 Å². The molecule has 0 radical (unpaired) electrons. The van der Waals surface area contributed by atoms with E-state index in [2.05, 4.69) is 15.6 Å². The van der Waals surface area contributed by atoms with Crippen molar-refractivity contribution in [2.45, 2.75) is 13.3 Å². The van der Waals surface area contributed by atoms with E-state index >= 15 is 0 Å². The largest absolute Gasteiger partial charge is 0.338 e. The highest BCUT2D eigenvalue weighted by atomic mass is 16.2. The first kappa shape index (κ1) is 13.1. The van der Waals surface area contributed by atoms with Crippen molar-refractivity contribution >= 4 is 11.7 Å². The number of amides is 2. The molecule has 4 heteroatoms. The number of carbonyl (C=O) groups excluding carboxylic acids is 1. The molecule has 0 spiro atoms. The molecule has 0 fully saturated rings. The van der Waals surface area contributed by atoms with Gasteiger partial charge in [-0.2, -0.15) is 0 Å². The normalized spacial score (nSPS) is 9.95. The first-order chi connectivity index (χ1) is 9.25. The van der Waals surface area contributed by atoms with Crippen LogP contribution in [-0.2, 0) is 6.42 Å². The molecule has 4 nitrogen and oxygen atoms in total. The second-order valence-corrected chi connectivity index (χ2v) is 4.25. The molecule has 0 aliphatic heterocycles. The zero-order valence-corrected chi connectivity index (χ0v) is 10.9. The quantitative estimate of drug-likeness (QED) is 0.882. The van der Waals surface area contributed by atoms with Crippen molar-refractivity contribution < 1.29 is 4.79 Å². The first-order valence-corrected chi connectivity index (χ1v) is 6.26. The Morgan fingerprint density at radius 3 is 2.68 bits per heavy atom. The Kier molecular flexibility index (Phi) is 4.50. The molecule has 0 atom stereocenters. The molecular weight excluding hydrogens is 238 g/mol. The fourth-order valence-corrected chi connectivity index (χ4v) is 1.75. The van der Waals surface area contributed by atoms with Gasteiger partial charge in [-0.15, -0.1) is 0 Å². The molecule has 1 aromatic heterocycles. The van der Waals surface area contributed by atoms with Gasteiger partial charge in [-0.05, 0) is 31.0 Å². The zero-order valence-electron chi connectivity index (χ0n) is 10.9. The Labute approximate surface area is 112 Å². The minimum absolute atomic E-state index is 0.202. The molecule has 2 rings (SSSR count). The lowest BCUT2D eigenvalue weighted by Crippen LogP contribution is -2.30. The molecule has 0 unspecified atom stereocenters. The lowest BCUT2D eigenvalue weighted by atomic mass is 10.1. The monoisotopic (exact) mass is 255 g/mol. The lowest BCUT2D eigenvalue weighted by molar-refractivity contribution is 0.252. The van der Waals surface area contributed by atoms with Gasteiger partial charge in [0.2, 0.25) is 0 Å². The van der Waals surface area contributed by atoms with Gasteiger partial charge in [0.1, 0.15) is 0 Å².